The van der Waals surface area contributed by atoms with Gasteiger partial charge in [0.15, 0.2) is 0 Å². The first-order valence-electron chi connectivity index (χ1n) is 8.42. The van der Waals surface area contributed by atoms with Crippen LogP contribution in [0, 0.1) is 0 Å². The fourth-order valence-corrected chi connectivity index (χ4v) is 2.51. The van der Waals surface area contributed by atoms with Crippen LogP contribution in [0.4, 0.5) is 5.82 Å². The molecule has 6 heteroatoms. The zero-order chi connectivity index (χ0) is 16.5. The third-order valence-corrected chi connectivity index (χ3v) is 4.02. The molecule has 0 spiro atoms. The van der Waals surface area contributed by atoms with Crippen LogP contribution in [0.25, 0.3) is 0 Å². The van der Waals surface area contributed by atoms with Crippen LogP contribution in [0.3, 0.4) is 0 Å². The average molecular weight is 320 g/mol. The van der Waals surface area contributed by atoms with Gasteiger partial charge in [-0.1, -0.05) is 6.07 Å². The first-order chi connectivity index (χ1) is 11.2. The van der Waals surface area contributed by atoms with E-state index in [2.05, 4.69) is 27.1 Å². The third-order valence-electron chi connectivity index (χ3n) is 4.02. The minimum absolute atomic E-state index is 0.0628. The molecular weight excluding hydrogens is 292 g/mol. The van der Waals surface area contributed by atoms with Gasteiger partial charge in [-0.15, -0.1) is 0 Å². The van der Waals surface area contributed by atoms with Crippen molar-refractivity contribution < 1.29 is 9.53 Å². The van der Waals surface area contributed by atoms with Crippen LogP contribution in [-0.2, 0) is 16.1 Å². The Balaban J connectivity index is 1.71. The summed E-state index contributed by atoms with van der Waals surface area (Å²) in [5.41, 5.74) is 1.03. The van der Waals surface area contributed by atoms with E-state index in [1.54, 1.807) is 0 Å². The van der Waals surface area contributed by atoms with Gasteiger partial charge in [0.2, 0.25) is 5.91 Å². The molecule has 1 aliphatic rings. The molecule has 1 aliphatic heterocycles. The van der Waals surface area contributed by atoms with E-state index in [0.717, 1.165) is 44.0 Å². The molecule has 0 radical (unpaired) electrons. The van der Waals surface area contributed by atoms with E-state index in [0.29, 0.717) is 26.2 Å². The van der Waals surface area contributed by atoms with Crippen molar-refractivity contribution in [3.8, 4) is 0 Å². The second-order valence-electron chi connectivity index (χ2n) is 5.89. The number of aromatic nitrogens is 1. The van der Waals surface area contributed by atoms with Gasteiger partial charge in [-0.05, 0) is 32.0 Å². The highest BCUT2D eigenvalue weighted by molar-refractivity contribution is 5.75. The van der Waals surface area contributed by atoms with Gasteiger partial charge < -0.3 is 19.9 Å². The Kier molecular flexibility index (Phi) is 7.29. The Hall–Kier alpha value is -1.66. The maximum Gasteiger partial charge on any atom is 0.220 e. The van der Waals surface area contributed by atoms with Crippen molar-refractivity contribution in [3.63, 3.8) is 0 Å². The lowest BCUT2D eigenvalue weighted by Gasteiger charge is -2.33. The predicted molar refractivity (Wildman–Crippen MR) is 91.5 cm³/mol. The molecule has 2 heterocycles. The summed E-state index contributed by atoms with van der Waals surface area (Å²) in [6.45, 7) is 8.00. The lowest BCUT2D eigenvalue weighted by molar-refractivity contribution is -0.121. The van der Waals surface area contributed by atoms with Crippen LogP contribution in [0.1, 0.15) is 25.3 Å². The second-order valence-corrected chi connectivity index (χ2v) is 5.89. The van der Waals surface area contributed by atoms with Crippen LogP contribution in [0.2, 0.25) is 0 Å². The number of rotatable bonds is 8. The number of pyridine rings is 1. The number of likely N-dealkylation sites (N-methyl/N-ethyl adjacent to an activating group) is 1. The molecule has 0 bridgehead atoms. The Morgan fingerprint density at radius 3 is 2.74 bits per heavy atom. The maximum atomic E-state index is 11.7. The Labute approximate surface area is 138 Å². The zero-order valence-corrected chi connectivity index (χ0v) is 14.3. The average Bonchev–Trinajstić information content (AvgIpc) is 2.58. The quantitative estimate of drug-likeness (QED) is 0.731. The summed E-state index contributed by atoms with van der Waals surface area (Å²) in [4.78, 5) is 20.9. The van der Waals surface area contributed by atoms with E-state index in [1.165, 1.54) is 0 Å². The van der Waals surface area contributed by atoms with Crippen LogP contribution < -0.4 is 10.2 Å². The van der Waals surface area contributed by atoms with Gasteiger partial charge in [-0.2, -0.15) is 0 Å². The second kappa shape index (κ2) is 9.47. The van der Waals surface area contributed by atoms with Gasteiger partial charge in [0.25, 0.3) is 0 Å². The third kappa shape index (κ3) is 6.15. The van der Waals surface area contributed by atoms with Crippen molar-refractivity contribution in [1.29, 1.82) is 0 Å². The molecular formula is C17H28N4O2. The largest absolute Gasteiger partial charge is 0.382 e. The van der Waals surface area contributed by atoms with Crippen molar-refractivity contribution in [2.24, 2.45) is 0 Å². The Morgan fingerprint density at radius 1 is 1.30 bits per heavy atom. The van der Waals surface area contributed by atoms with Gasteiger partial charge in [0.1, 0.15) is 5.82 Å². The van der Waals surface area contributed by atoms with Crippen molar-refractivity contribution in [1.82, 2.24) is 15.2 Å². The summed E-state index contributed by atoms with van der Waals surface area (Å²) in [6, 6.07) is 4.09. The molecule has 0 unspecified atom stereocenters. The fourth-order valence-electron chi connectivity index (χ4n) is 2.51. The first kappa shape index (κ1) is 17.7. The highest BCUT2D eigenvalue weighted by Gasteiger charge is 2.14. The van der Waals surface area contributed by atoms with Crippen LogP contribution >= 0.6 is 0 Å². The van der Waals surface area contributed by atoms with Gasteiger partial charge in [-0.3, -0.25) is 4.79 Å². The first-order valence-corrected chi connectivity index (χ1v) is 8.42. The van der Waals surface area contributed by atoms with E-state index >= 15 is 0 Å². The molecule has 128 valence electrons. The summed E-state index contributed by atoms with van der Waals surface area (Å²) in [7, 11) is 2.14. The molecule has 1 aromatic heterocycles. The lowest BCUT2D eigenvalue weighted by Crippen LogP contribution is -2.44. The molecule has 0 atom stereocenters. The normalized spacial score (nSPS) is 15.7. The van der Waals surface area contributed by atoms with E-state index in [9.17, 15) is 4.79 Å². The number of anilines is 1. The van der Waals surface area contributed by atoms with Crippen molar-refractivity contribution in [3.05, 3.63) is 23.9 Å². The van der Waals surface area contributed by atoms with E-state index in [-0.39, 0.29) is 5.91 Å². The summed E-state index contributed by atoms with van der Waals surface area (Å²) in [6.07, 6.45) is 3.13. The molecule has 0 aromatic carbocycles. The molecule has 1 N–H and O–H groups in total. The summed E-state index contributed by atoms with van der Waals surface area (Å²) < 4.78 is 5.23. The number of hydrogen-bond acceptors (Lipinski definition) is 5. The lowest BCUT2D eigenvalue weighted by atomic mass is 10.2. The minimum Gasteiger partial charge on any atom is -0.382 e. The molecule has 6 nitrogen and oxygen atoms in total. The number of carbonyl (C=O) groups excluding carboxylic acids is 1. The fraction of sp³-hybridized carbons (Fsp3) is 0.647. The van der Waals surface area contributed by atoms with E-state index in [1.807, 2.05) is 25.3 Å². The Morgan fingerprint density at radius 2 is 2.09 bits per heavy atom. The monoisotopic (exact) mass is 320 g/mol. The molecule has 2 rings (SSSR count). The van der Waals surface area contributed by atoms with Gasteiger partial charge in [-0.25, -0.2) is 4.98 Å². The smallest absolute Gasteiger partial charge is 0.220 e. The summed E-state index contributed by atoms with van der Waals surface area (Å²) in [5, 5.41) is 2.93. The summed E-state index contributed by atoms with van der Waals surface area (Å²) in [5.74, 6) is 1.08. The molecule has 1 saturated heterocycles. The minimum atomic E-state index is 0.0628. The molecule has 0 aliphatic carbocycles. The van der Waals surface area contributed by atoms with Crippen molar-refractivity contribution in [2.75, 3.05) is 51.3 Å². The SMILES string of the molecule is CCOCCCC(=O)NCc1ccc(N2CCN(C)CC2)nc1. The van der Waals surface area contributed by atoms with Crippen molar-refractivity contribution in [2.45, 2.75) is 26.3 Å². The molecule has 0 saturated carbocycles. The van der Waals surface area contributed by atoms with Crippen molar-refractivity contribution >= 4 is 11.7 Å². The van der Waals surface area contributed by atoms with Gasteiger partial charge in [0.05, 0.1) is 0 Å². The number of piperazine rings is 1. The number of ether oxygens (including phenoxy) is 1. The van der Waals surface area contributed by atoms with Crippen LogP contribution in [0.5, 0.6) is 0 Å². The predicted octanol–water partition coefficient (Wildman–Crippen LogP) is 1.27. The highest BCUT2D eigenvalue weighted by Crippen LogP contribution is 2.13. The highest BCUT2D eigenvalue weighted by atomic mass is 16.5. The molecule has 1 amide bonds. The number of hydrogen-bond donors (Lipinski definition) is 1. The topological polar surface area (TPSA) is 57.7 Å². The van der Waals surface area contributed by atoms with Gasteiger partial charge in [0, 0.05) is 58.6 Å². The number of carbonyl (C=O) groups is 1. The Bertz CT molecular complexity index is 470. The van der Waals surface area contributed by atoms with E-state index in [4.69, 9.17) is 4.74 Å². The standard InChI is InChI=1S/C17H28N4O2/c1-3-23-12-4-5-17(22)19-14-15-6-7-16(18-13-15)21-10-8-20(2)9-11-21/h6-7,13H,3-5,8-12,14H2,1-2H3,(H,19,22). The number of nitrogens with one attached hydrogen (secondary N) is 1. The van der Waals surface area contributed by atoms with Gasteiger partial charge >= 0.3 is 0 Å². The molecule has 23 heavy (non-hydrogen) atoms. The van der Waals surface area contributed by atoms with Crippen LogP contribution in [-0.4, -0.2) is 62.2 Å². The van der Waals surface area contributed by atoms with Crippen LogP contribution in [0.15, 0.2) is 18.3 Å². The molecule has 1 aromatic rings. The van der Waals surface area contributed by atoms with E-state index < -0.39 is 0 Å². The summed E-state index contributed by atoms with van der Waals surface area (Å²) >= 11 is 0. The number of amides is 1. The zero-order valence-electron chi connectivity index (χ0n) is 14.3. The number of nitrogens with zero attached hydrogens (tertiary/aromatic N) is 3. The maximum absolute atomic E-state index is 11.7. The molecule has 1 fully saturated rings.